The summed E-state index contributed by atoms with van der Waals surface area (Å²) < 4.78 is 0. The summed E-state index contributed by atoms with van der Waals surface area (Å²) in [6.45, 7) is 8.32. The Hall–Kier alpha value is -0.0800. The van der Waals surface area contributed by atoms with E-state index >= 15 is 0 Å². The summed E-state index contributed by atoms with van der Waals surface area (Å²) in [6.07, 6.45) is 8.83. The molecule has 19 heavy (non-hydrogen) atoms. The van der Waals surface area contributed by atoms with Crippen LogP contribution in [0.15, 0.2) is 0 Å². The van der Waals surface area contributed by atoms with E-state index in [1.807, 2.05) is 13.8 Å². The second-order valence-electron chi connectivity index (χ2n) is 8.54. The molecule has 0 aromatic rings. The third-order valence-electron chi connectivity index (χ3n) is 6.56. The molecule has 2 N–H and O–H groups in total. The molecule has 2 atom stereocenters. The lowest BCUT2D eigenvalue weighted by Gasteiger charge is -2.59. The highest BCUT2D eigenvalue weighted by molar-refractivity contribution is 5.05. The van der Waals surface area contributed by atoms with Crippen molar-refractivity contribution in [1.29, 1.82) is 0 Å². The third-order valence-corrected chi connectivity index (χ3v) is 6.56. The van der Waals surface area contributed by atoms with E-state index in [-0.39, 0.29) is 6.04 Å². The van der Waals surface area contributed by atoms with Crippen LogP contribution < -0.4 is 5.32 Å². The Morgan fingerprint density at radius 3 is 1.79 bits per heavy atom. The molecular formula is C17H31NO. The number of rotatable bonds is 4. The monoisotopic (exact) mass is 265 g/mol. The van der Waals surface area contributed by atoms with Gasteiger partial charge in [0.25, 0.3) is 0 Å². The van der Waals surface area contributed by atoms with Crippen molar-refractivity contribution in [2.45, 2.75) is 83.9 Å². The summed E-state index contributed by atoms with van der Waals surface area (Å²) in [6, 6.07) is 0.706. The molecule has 0 spiro atoms. The first-order chi connectivity index (χ1) is 8.78. The summed E-state index contributed by atoms with van der Waals surface area (Å²) >= 11 is 0. The Morgan fingerprint density at radius 1 is 1.00 bits per heavy atom. The molecule has 2 nitrogen and oxygen atoms in total. The Balaban J connectivity index is 1.71. The Morgan fingerprint density at radius 2 is 1.42 bits per heavy atom. The van der Waals surface area contributed by atoms with E-state index in [1.54, 1.807) is 0 Å². The Bertz CT molecular complexity index is 308. The van der Waals surface area contributed by atoms with Gasteiger partial charge in [0.05, 0.1) is 5.60 Å². The van der Waals surface area contributed by atoms with E-state index in [0.29, 0.717) is 11.5 Å². The third kappa shape index (κ3) is 2.47. The van der Waals surface area contributed by atoms with E-state index in [9.17, 15) is 5.11 Å². The standard InChI is InChI=1S/C17H31NO/c1-11(16(3,4)19)18-12(2)17-8-13-5-14(9-17)7-15(6-13)10-17/h11-15,18-19H,5-10H2,1-4H3. The van der Waals surface area contributed by atoms with E-state index in [4.69, 9.17) is 0 Å². The van der Waals surface area contributed by atoms with Gasteiger partial charge in [0.2, 0.25) is 0 Å². The summed E-state index contributed by atoms with van der Waals surface area (Å²) in [7, 11) is 0. The van der Waals surface area contributed by atoms with Gasteiger partial charge in [-0.1, -0.05) is 0 Å². The van der Waals surface area contributed by atoms with Crippen molar-refractivity contribution in [3.05, 3.63) is 0 Å². The number of nitrogens with one attached hydrogen (secondary N) is 1. The van der Waals surface area contributed by atoms with Crippen LogP contribution in [0.25, 0.3) is 0 Å². The molecule has 4 aliphatic carbocycles. The van der Waals surface area contributed by atoms with Gasteiger partial charge in [0.15, 0.2) is 0 Å². The van der Waals surface area contributed by atoms with Crippen LogP contribution in [0.2, 0.25) is 0 Å². The first-order valence-corrected chi connectivity index (χ1v) is 8.27. The van der Waals surface area contributed by atoms with Crippen molar-refractivity contribution in [3.8, 4) is 0 Å². The largest absolute Gasteiger partial charge is 0.389 e. The van der Waals surface area contributed by atoms with Gasteiger partial charge in [0, 0.05) is 12.1 Å². The average molecular weight is 265 g/mol. The van der Waals surface area contributed by atoms with Gasteiger partial charge < -0.3 is 10.4 Å². The highest BCUT2D eigenvalue weighted by Gasteiger charge is 2.53. The second-order valence-corrected chi connectivity index (χ2v) is 8.54. The summed E-state index contributed by atoms with van der Waals surface area (Å²) in [4.78, 5) is 0. The summed E-state index contributed by atoms with van der Waals surface area (Å²) in [5.41, 5.74) is -0.0924. The van der Waals surface area contributed by atoms with Crippen LogP contribution >= 0.6 is 0 Å². The fourth-order valence-electron chi connectivity index (χ4n) is 5.46. The van der Waals surface area contributed by atoms with Crippen LogP contribution in [-0.4, -0.2) is 22.8 Å². The molecule has 4 fully saturated rings. The van der Waals surface area contributed by atoms with Crippen molar-refractivity contribution < 1.29 is 5.11 Å². The molecule has 4 aliphatic rings. The zero-order chi connectivity index (χ0) is 13.8. The van der Waals surface area contributed by atoms with E-state index in [0.717, 1.165) is 17.8 Å². The predicted octanol–water partition coefficient (Wildman–Crippen LogP) is 3.34. The average Bonchev–Trinajstić information content (AvgIpc) is 2.25. The molecule has 2 unspecified atom stereocenters. The normalized spacial score (nSPS) is 44.4. The SMILES string of the molecule is CC(NC(C)C12CC3CC(CC(C3)C1)C2)C(C)(C)O. The van der Waals surface area contributed by atoms with Crippen molar-refractivity contribution >= 4 is 0 Å². The maximum Gasteiger partial charge on any atom is 0.0741 e. The first-order valence-electron chi connectivity index (χ1n) is 8.27. The van der Waals surface area contributed by atoms with Crippen molar-refractivity contribution in [2.75, 3.05) is 0 Å². The fraction of sp³-hybridized carbons (Fsp3) is 1.00. The molecule has 110 valence electrons. The molecule has 0 heterocycles. The molecule has 4 bridgehead atoms. The zero-order valence-corrected chi connectivity index (χ0v) is 13.1. The van der Waals surface area contributed by atoms with Gasteiger partial charge in [-0.2, -0.15) is 0 Å². The van der Waals surface area contributed by atoms with Crippen LogP contribution in [0.4, 0.5) is 0 Å². The van der Waals surface area contributed by atoms with Crippen molar-refractivity contribution in [1.82, 2.24) is 5.32 Å². The summed E-state index contributed by atoms with van der Waals surface area (Å²) in [5, 5.41) is 13.9. The minimum Gasteiger partial charge on any atom is -0.389 e. The minimum atomic E-state index is -0.628. The fourth-order valence-corrected chi connectivity index (χ4v) is 5.46. The number of hydrogen-bond acceptors (Lipinski definition) is 2. The lowest BCUT2D eigenvalue weighted by molar-refractivity contribution is -0.0773. The Labute approximate surface area is 118 Å². The van der Waals surface area contributed by atoms with Gasteiger partial charge in [-0.05, 0) is 89.4 Å². The molecule has 4 rings (SSSR count). The first kappa shape index (κ1) is 13.9. The van der Waals surface area contributed by atoms with Gasteiger partial charge in [-0.25, -0.2) is 0 Å². The molecule has 0 aliphatic heterocycles. The molecule has 0 saturated heterocycles. The predicted molar refractivity (Wildman–Crippen MR) is 79.0 cm³/mol. The molecule has 4 saturated carbocycles. The summed E-state index contributed by atoms with van der Waals surface area (Å²) in [5.74, 6) is 3.02. The lowest BCUT2D eigenvalue weighted by atomic mass is 9.48. The number of aliphatic hydroxyl groups is 1. The zero-order valence-electron chi connectivity index (χ0n) is 13.1. The van der Waals surface area contributed by atoms with Crippen molar-refractivity contribution in [2.24, 2.45) is 23.2 Å². The molecular weight excluding hydrogens is 234 g/mol. The quantitative estimate of drug-likeness (QED) is 0.817. The molecule has 0 aromatic carbocycles. The van der Waals surface area contributed by atoms with E-state index in [1.165, 1.54) is 38.5 Å². The smallest absolute Gasteiger partial charge is 0.0741 e. The molecule has 0 amide bonds. The van der Waals surface area contributed by atoms with Crippen LogP contribution in [0, 0.1) is 23.2 Å². The maximum absolute atomic E-state index is 10.2. The minimum absolute atomic E-state index is 0.163. The maximum atomic E-state index is 10.2. The van der Waals surface area contributed by atoms with E-state index in [2.05, 4.69) is 19.2 Å². The van der Waals surface area contributed by atoms with E-state index < -0.39 is 5.60 Å². The highest BCUT2D eigenvalue weighted by Crippen LogP contribution is 2.61. The van der Waals surface area contributed by atoms with Crippen LogP contribution in [0.5, 0.6) is 0 Å². The molecule has 2 heteroatoms. The van der Waals surface area contributed by atoms with Crippen LogP contribution in [0.3, 0.4) is 0 Å². The topological polar surface area (TPSA) is 32.3 Å². The van der Waals surface area contributed by atoms with Gasteiger partial charge in [-0.3, -0.25) is 0 Å². The highest BCUT2D eigenvalue weighted by atomic mass is 16.3. The Kier molecular flexibility index (Phi) is 3.26. The van der Waals surface area contributed by atoms with Crippen LogP contribution in [0.1, 0.15) is 66.2 Å². The molecule has 0 radical (unpaired) electrons. The lowest BCUT2D eigenvalue weighted by Crippen LogP contribution is -2.58. The second kappa shape index (κ2) is 4.46. The van der Waals surface area contributed by atoms with Gasteiger partial charge in [0.1, 0.15) is 0 Å². The molecule has 0 aromatic heterocycles. The van der Waals surface area contributed by atoms with Gasteiger partial charge in [-0.15, -0.1) is 0 Å². The van der Waals surface area contributed by atoms with Gasteiger partial charge >= 0.3 is 0 Å². The van der Waals surface area contributed by atoms with Crippen LogP contribution in [-0.2, 0) is 0 Å². The number of hydrogen-bond donors (Lipinski definition) is 2. The van der Waals surface area contributed by atoms with Crippen molar-refractivity contribution in [3.63, 3.8) is 0 Å².